The molecule has 5 heteroatoms. The molecule has 0 aliphatic heterocycles. The molecular formula is C52H33N5. The minimum Gasteiger partial charge on any atom is -0.309 e. The van der Waals surface area contributed by atoms with E-state index in [4.69, 9.17) is 15.0 Å². The van der Waals surface area contributed by atoms with Crippen LogP contribution < -0.4 is 0 Å². The van der Waals surface area contributed by atoms with Gasteiger partial charge in [-0.3, -0.25) is 0 Å². The van der Waals surface area contributed by atoms with Crippen molar-refractivity contribution >= 4 is 21.8 Å². The summed E-state index contributed by atoms with van der Waals surface area (Å²) in [6.07, 6.45) is 0. The number of fused-ring (bicyclic) bond motifs is 3. The highest BCUT2D eigenvalue weighted by Crippen LogP contribution is 2.41. The second kappa shape index (κ2) is 14.4. The van der Waals surface area contributed by atoms with Gasteiger partial charge in [0.25, 0.3) is 0 Å². The highest BCUT2D eigenvalue weighted by atomic mass is 15.0. The fourth-order valence-electron chi connectivity index (χ4n) is 7.70. The number of rotatable bonds is 7. The molecule has 0 spiro atoms. The van der Waals surface area contributed by atoms with Crippen LogP contribution in [0.1, 0.15) is 5.56 Å². The second-order valence-corrected chi connectivity index (χ2v) is 14.0. The number of hydrogen-bond acceptors (Lipinski definition) is 4. The van der Waals surface area contributed by atoms with Gasteiger partial charge in [-0.1, -0.05) is 146 Å². The molecule has 0 saturated heterocycles. The van der Waals surface area contributed by atoms with Gasteiger partial charge in [0.15, 0.2) is 17.5 Å². The van der Waals surface area contributed by atoms with Crippen molar-refractivity contribution in [1.29, 1.82) is 5.26 Å². The Balaban J connectivity index is 1.23. The molecule has 0 saturated carbocycles. The van der Waals surface area contributed by atoms with Crippen molar-refractivity contribution in [3.63, 3.8) is 0 Å². The van der Waals surface area contributed by atoms with Gasteiger partial charge in [0.1, 0.15) is 0 Å². The summed E-state index contributed by atoms with van der Waals surface area (Å²) in [6.45, 7) is 0. The Labute approximate surface area is 330 Å². The molecule has 10 rings (SSSR count). The molecule has 57 heavy (non-hydrogen) atoms. The molecule has 8 aromatic carbocycles. The molecule has 2 aromatic heterocycles. The molecule has 2 heterocycles. The summed E-state index contributed by atoms with van der Waals surface area (Å²) in [4.78, 5) is 15.0. The van der Waals surface area contributed by atoms with Gasteiger partial charge in [-0.25, -0.2) is 15.0 Å². The Bertz CT molecular complexity index is 2960. The van der Waals surface area contributed by atoms with Gasteiger partial charge in [0.2, 0.25) is 0 Å². The Morgan fingerprint density at radius 2 is 0.789 bits per heavy atom. The van der Waals surface area contributed by atoms with Gasteiger partial charge >= 0.3 is 0 Å². The van der Waals surface area contributed by atoms with Crippen LogP contribution in [0.15, 0.2) is 200 Å². The van der Waals surface area contributed by atoms with Crippen LogP contribution in [0.2, 0.25) is 0 Å². The Kier molecular flexibility index (Phi) is 8.48. The Morgan fingerprint density at radius 1 is 0.351 bits per heavy atom. The minimum absolute atomic E-state index is 0.564. The molecule has 0 N–H and O–H groups in total. The highest BCUT2D eigenvalue weighted by molar-refractivity contribution is 6.12. The molecule has 0 bridgehead atoms. The lowest BCUT2D eigenvalue weighted by Crippen LogP contribution is -2.02. The molecule has 5 nitrogen and oxygen atoms in total. The van der Waals surface area contributed by atoms with Crippen molar-refractivity contribution in [3.8, 4) is 79.3 Å². The lowest BCUT2D eigenvalue weighted by molar-refractivity contribution is 1.07. The van der Waals surface area contributed by atoms with E-state index in [9.17, 15) is 5.26 Å². The van der Waals surface area contributed by atoms with Crippen LogP contribution in [0.4, 0.5) is 0 Å². The molecule has 0 fully saturated rings. The molecule has 0 aliphatic carbocycles. The Morgan fingerprint density at radius 3 is 1.28 bits per heavy atom. The summed E-state index contributed by atoms with van der Waals surface area (Å²) in [7, 11) is 0. The summed E-state index contributed by atoms with van der Waals surface area (Å²) >= 11 is 0. The predicted octanol–water partition coefficient (Wildman–Crippen LogP) is 12.8. The number of aromatic nitrogens is 4. The van der Waals surface area contributed by atoms with E-state index in [1.165, 1.54) is 11.1 Å². The van der Waals surface area contributed by atoms with E-state index in [0.717, 1.165) is 66.4 Å². The maximum absolute atomic E-state index is 10.0. The molecule has 10 aromatic rings. The van der Waals surface area contributed by atoms with Crippen LogP contribution in [-0.2, 0) is 0 Å². The number of nitriles is 1. The summed E-state index contributed by atoms with van der Waals surface area (Å²) in [5.41, 5.74) is 12.9. The topological polar surface area (TPSA) is 67.4 Å². The first-order valence-corrected chi connectivity index (χ1v) is 18.9. The van der Waals surface area contributed by atoms with Crippen molar-refractivity contribution in [2.75, 3.05) is 0 Å². The van der Waals surface area contributed by atoms with Gasteiger partial charge in [0.05, 0.1) is 28.4 Å². The zero-order chi connectivity index (χ0) is 38.1. The summed E-state index contributed by atoms with van der Waals surface area (Å²) in [5, 5.41) is 12.3. The quantitative estimate of drug-likeness (QED) is 0.164. The minimum atomic E-state index is 0.564. The first-order valence-electron chi connectivity index (χ1n) is 18.9. The zero-order valence-electron chi connectivity index (χ0n) is 30.8. The van der Waals surface area contributed by atoms with Crippen molar-refractivity contribution in [2.24, 2.45) is 0 Å². The van der Waals surface area contributed by atoms with Gasteiger partial charge in [-0.2, -0.15) is 5.26 Å². The summed E-state index contributed by atoms with van der Waals surface area (Å²) in [5.74, 6) is 1.76. The van der Waals surface area contributed by atoms with Gasteiger partial charge in [-0.15, -0.1) is 0 Å². The van der Waals surface area contributed by atoms with E-state index in [1.807, 2.05) is 78.9 Å². The monoisotopic (exact) mass is 727 g/mol. The van der Waals surface area contributed by atoms with Crippen LogP contribution >= 0.6 is 0 Å². The maximum Gasteiger partial charge on any atom is 0.164 e. The van der Waals surface area contributed by atoms with Crippen LogP contribution in [0, 0.1) is 11.3 Å². The third kappa shape index (κ3) is 6.32. The van der Waals surface area contributed by atoms with E-state index in [2.05, 4.69) is 132 Å². The van der Waals surface area contributed by atoms with Crippen LogP contribution in [0.3, 0.4) is 0 Å². The van der Waals surface area contributed by atoms with E-state index >= 15 is 0 Å². The van der Waals surface area contributed by atoms with Crippen molar-refractivity contribution in [3.05, 3.63) is 206 Å². The SMILES string of the molecule is N#Cc1cccc(-c2cc(-c3nc(-c4ccccc4)nc(-c4ccccc4)n3)ccc2-n2c3ccc(-c4ccccc4)cc3c3cc(-c4ccccc4)ccc32)c1. The Hall–Kier alpha value is -7.94. The average Bonchev–Trinajstić information content (AvgIpc) is 3.62. The average molecular weight is 728 g/mol. The highest BCUT2D eigenvalue weighted by Gasteiger charge is 2.20. The van der Waals surface area contributed by atoms with E-state index in [-0.39, 0.29) is 0 Å². The predicted molar refractivity (Wildman–Crippen MR) is 231 cm³/mol. The molecule has 0 amide bonds. The zero-order valence-corrected chi connectivity index (χ0v) is 30.8. The fraction of sp³-hybridized carbons (Fsp3) is 0. The molecule has 0 radical (unpaired) electrons. The normalized spacial score (nSPS) is 11.1. The maximum atomic E-state index is 10.0. The van der Waals surface area contributed by atoms with Crippen LogP contribution in [0.5, 0.6) is 0 Å². The van der Waals surface area contributed by atoms with Gasteiger partial charge < -0.3 is 4.57 Å². The molecule has 0 unspecified atom stereocenters. The van der Waals surface area contributed by atoms with Gasteiger partial charge in [0, 0.05) is 33.0 Å². The van der Waals surface area contributed by atoms with E-state index < -0.39 is 0 Å². The first kappa shape index (κ1) is 33.6. The second-order valence-electron chi connectivity index (χ2n) is 14.0. The number of benzene rings is 8. The van der Waals surface area contributed by atoms with Crippen molar-refractivity contribution in [2.45, 2.75) is 0 Å². The molecule has 0 atom stereocenters. The largest absolute Gasteiger partial charge is 0.309 e. The summed E-state index contributed by atoms with van der Waals surface area (Å²) in [6, 6.07) is 71.1. The fourth-order valence-corrected chi connectivity index (χ4v) is 7.70. The third-order valence-electron chi connectivity index (χ3n) is 10.5. The standard InChI is InChI=1S/C52H33N5/c53-34-35-14-13-23-42(30-35)44-33-43(52-55-50(38-19-9-3-10-20-38)54-51(56-52)39-21-11-4-12-22-39)26-29-47(44)57-48-27-24-40(36-15-5-1-6-16-36)31-45(48)46-32-41(25-28-49(46)57)37-17-7-2-8-18-37/h1-33H. The van der Waals surface area contributed by atoms with E-state index in [0.29, 0.717) is 23.0 Å². The van der Waals surface area contributed by atoms with Crippen LogP contribution in [-0.4, -0.2) is 19.5 Å². The number of hydrogen-bond donors (Lipinski definition) is 0. The molecule has 266 valence electrons. The van der Waals surface area contributed by atoms with Crippen LogP contribution in [0.25, 0.3) is 95.0 Å². The van der Waals surface area contributed by atoms with Gasteiger partial charge in [-0.05, 0) is 82.4 Å². The first-order chi connectivity index (χ1) is 28.2. The van der Waals surface area contributed by atoms with E-state index in [1.54, 1.807) is 0 Å². The molecule has 0 aliphatic rings. The lowest BCUT2D eigenvalue weighted by atomic mass is 9.98. The van der Waals surface area contributed by atoms with Crippen molar-refractivity contribution < 1.29 is 0 Å². The third-order valence-corrected chi connectivity index (χ3v) is 10.5. The lowest BCUT2D eigenvalue weighted by Gasteiger charge is -2.16. The summed E-state index contributed by atoms with van der Waals surface area (Å²) < 4.78 is 2.35. The molecular weight excluding hydrogens is 695 g/mol. The smallest absolute Gasteiger partial charge is 0.164 e. The van der Waals surface area contributed by atoms with Crippen molar-refractivity contribution in [1.82, 2.24) is 19.5 Å². The number of nitrogens with zero attached hydrogens (tertiary/aromatic N) is 5.